The summed E-state index contributed by atoms with van der Waals surface area (Å²) in [6, 6.07) is 4.82. The average Bonchev–Trinajstić information content (AvgIpc) is 3.33. The number of amides is 1. The highest BCUT2D eigenvalue weighted by molar-refractivity contribution is 5.94. The minimum atomic E-state index is -0.407. The normalized spacial score (nSPS) is 18.6. The van der Waals surface area contributed by atoms with Gasteiger partial charge in [-0.05, 0) is 43.4 Å². The van der Waals surface area contributed by atoms with Gasteiger partial charge in [-0.25, -0.2) is 4.39 Å². The maximum Gasteiger partial charge on any atom is 0.256 e. The fourth-order valence-electron chi connectivity index (χ4n) is 2.76. The van der Waals surface area contributed by atoms with Crippen LogP contribution in [0.2, 0.25) is 0 Å². The summed E-state index contributed by atoms with van der Waals surface area (Å²) in [7, 11) is 0. The molecular weight excluding hydrogens is 279 g/mol. The van der Waals surface area contributed by atoms with E-state index in [-0.39, 0.29) is 11.5 Å². The van der Waals surface area contributed by atoms with E-state index >= 15 is 0 Å². The molecule has 2 fully saturated rings. The standard InChI is InChI=1S/C16H21FN2O.C2H6/c1-12-2-5-14(15(17)10-12)16(20)19-8-6-18(7-9-19)11-13-3-4-13;1-2/h2,5,10,13H,3-4,6-9,11H2,1H3;1-2H3. The highest BCUT2D eigenvalue weighted by Gasteiger charge is 2.28. The molecule has 0 atom stereocenters. The van der Waals surface area contributed by atoms with Crippen molar-refractivity contribution in [2.45, 2.75) is 33.6 Å². The molecule has 1 aliphatic carbocycles. The summed E-state index contributed by atoms with van der Waals surface area (Å²) in [6.45, 7) is 10.2. The first-order valence-electron chi connectivity index (χ1n) is 8.41. The van der Waals surface area contributed by atoms with E-state index in [0.29, 0.717) is 13.1 Å². The molecule has 2 aliphatic rings. The predicted octanol–water partition coefficient (Wildman–Crippen LogP) is 3.33. The number of piperazine rings is 1. The number of carbonyl (C=O) groups is 1. The van der Waals surface area contributed by atoms with Gasteiger partial charge in [0.25, 0.3) is 5.91 Å². The maximum absolute atomic E-state index is 13.9. The van der Waals surface area contributed by atoms with Crippen molar-refractivity contribution < 1.29 is 9.18 Å². The summed E-state index contributed by atoms with van der Waals surface area (Å²) in [5, 5.41) is 0. The van der Waals surface area contributed by atoms with Crippen LogP contribution in [0.25, 0.3) is 0 Å². The Morgan fingerprint density at radius 3 is 2.36 bits per heavy atom. The summed E-state index contributed by atoms with van der Waals surface area (Å²) in [6.07, 6.45) is 2.71. The van der Waals surface area contributed by atoms with E-state index < -0.39 is 5.82 Å². The van der Waals surface area contributed by atoms with Gasteiger partial charge in [0.2, 0.25) is 0 Å². The second kappa shape index (κ2) is 7.73. The van der Waals surface area contributed by atoms with Crippen LogP contribution in [0, 0.1) is 18.7 Å². The molecule has 0 radical (unpaired) electrons. The molecule has 0 bridgehead atoms. The van der Waals surface area contributed by atoms with Crippen molar-refractivity contribution in [3.05, 3.63) is 35.1 Å². The lowest BCUT2D eigenvalue weighted by Gasteiger charge is -2.34. The molecule has 1 amide bonds. The largest absolute Gasteiger partial charge is 0.336 e. The summed E-state index contributed by atoms with van der Waals surface area (Å²) >= 11 is 0. The summed E-state index contributed by atoms with van der Waals surface area (Å²) in [5.41, 5.74) is 1.04. The van der Waals surface area contributed by atoms with E-state index in [1.165, 1.54) is 25.5 Å². The van der Waals surface area contributed by atoms with Crippen molar-refractivity contribution in [1.29, 1.82) is 0 Å². The smallest absolute Gasteiger partial charge is 0.256 e. The first kappa shape index (κ1) is 16.9. The number of rotatable bonds is 3. The van der Waals surface area contributed by atoms with E-state index in [0.717, 1.165) is 24.6 Å². The van der Waals surface area contributed by atoms with Crippen LogP contribution in [-0.4, -0.2) is 48.4 Å². The average molecular weight is 306 g/mol. The highest BCUT2D eigenvalue weighted by atomic mass is 19.1. The minimum Gasteiger partial charge on any atom is -0.336 e. The predicted molar refractivity (Wildman–Crippen MR) is 87.6 cm³/mol. The van der Waals surface area contributed by atoms with Gasteiger partial charge in [-0.2, -0.15) is 0 Å². The molecule has 0 N–H and O–H groups in total. The number of hydrogen-bond acceptors (Lipinski definition) is 2. The lowest BCUT2D eigenvalue weighted by atomic mass is 10.1. The Bertz CT molecular complexity index is 506. The fourth-order valence-corrected chi connectivity index (χ4v) is 2.76. The van der Waals surface area contributed by atoms with Gasteiger partial charge in [0, 0.05) is 32.7 Å². The van der Waals surface area contributed by atoms with Gasteiger partial charge in [-0.3, -0.25) is 9.69 Å². The number of carbonyl (C=O) groups excluding carboxylic acids is 1. The fraction of sp³-hybridized carbons (Fsp3) is 0.611. The number of nitrogens with zero attached hydrogens (tertiary/aromatic N) is 2. The van der Waals surface area contributed by atoms with Gasteiger partial charge in [0.05, 0.1) is 5.56 Å². The third kappa shape index (κ3) is 4.29. The second-order valence-corrected chi connectivity index (χ2v) is 6.02. The Labute approximate surface area is 133 Å². The molecule has 1 saturated heterocycles. The zero-order valence-electron chi connectivity index (χ0n) is 13.9. The van der Waals surface area contributed by atoms with Crippen molar-refractivity contribution in [1.82, 2.24) is 9.80 Å². The Hall–Kier alpha value is -1.42. The summed E-state index contributed by atoms with van der Waals surface area (Å²) in [5.74, 6) is 0.302. The molecule has 0 aromatic heterocycles. The number of aryl methyl sites for hydroxylation is 1. The number of halogens is 1. The SMILES string of the molecule is CC.Cc1ccc(C(=O)N2CCN(CC3CC3)CC2)c(F)c1. The Kier molecular flexibility index (Phi) is 5.95. The van der Waals surface area contributed by atoms with Crippen molar-refractivity contribution in [2.24, 2.45) is 5.92 Å². The molecule has 1 aromatic carbocycles. The number of benzene rings is 1. The topological polar surface area (TPSA) is 23.6 Å². The summed E-state index contributed by atoms with van der Waals surface area (Å²) < 4.78 is 13.9. The van der Waals surface area contributed by atoms with Gasteiger partial charge >= 0.3 is 0 Å². The van der Waals surface area contributed by atoms with Crippen LogP contribution in [-0.2, 0) is 0 Å². The molecule has 3 rings (SSSR count). The molecular formula is C18H27FN2O. The van der Waals surface area contributed by atoms with Crippen molar-refractivity contribution in [3.63, 3.8) is 0 Å². The first-order valence-corrected chi connectivity index (χ1v) is 8.41. The van der Waals surface area contributed by atoms with Crippen LogP contribution in [0.15, 0.2) is 18.2 Å². The van der Waals surface area contributed by atoms with Crippen LogP contribution < -0.4 is 0 Å². The maximum atomic E-state index is 13.9. The van der Waals surface area contributed by atoms with Gasteiger partial charge in [-0.15, -0.1) is 0 Å². The molecule has 3 nitrogen and oxygen atoms in total. The van der Waals surface area contributed by atoms with E-state index in [1.54, 1.807) is 17.0 Å². The van der Waals surface area contributed by atoms with Crippen LogP contribution in [0.5, 0.6) is 0 Å². The number of hydrogen-bond donors (Lipinski definition) is 0. The van der Waals surface area contributed by atoms with Gasteiger partial charge in [0.15, 0.2) is 0 Å². The third-order valence-electron chi connectivity index (χ3n) is 4.23. The molecule has 22 heavy (non-hydrogen) atoms. The highest BCUT2D eigenvalue weighted by Crippen LogP contribution is 2.30. The summed E-state index contributed by atoms with van der Waals surface area (Å²) in [4.78, 5) is 16.5. The van der Waals surface area contributed by atoms with Crippen molar-refractivity contribution in [2.75, 3.05) is 32.7 Å². The molecule has 122 valence electrons. The molecule has 1 heterocycles. The van der Waals surface area contributed by atoms with E-state index in [1.807, 2.05) is 20.8 Å². The molecule has 0 spiro atoms. The molecule has 1 aromatic rings. The first-order chi connectivity index (χ1) is 10.6. The Morgan fingerprint density at radius 2 is 1.82 bits per heavy atom. The second-order valence-electron chi connectivity index (χ2n) is 6.02. The van der Waals surface area contributed by atoms with E-state index in [9.17, 15) is 9.18 Å². The Balaban J connectivity index is 0.000000847. The lowest BCUT2D eigenvalue weighted by Crippen LogP contribution is -2.49. The van der Waals surface area contributed by atoms with Crippen LogP contribution in [0.4, 0.5) is 4.39 Å². The third-order valence-corrected chi connectivity index (χ3v) is 4.23. The Morgan fingerprint density at radius 1 is 1.18 bits per heavy atom. The van der Waals surface area contributed by atoms with Crippen molar-refractivity contribution in [3.8, 4) is 0 Å². The van der Waals surface area contributed by atoms with Gasteiger partial charge in [-0.1, -0.05) is 19.9 Å². The zero-order chi connectivity index (χ0) is 16.1. The van der Waals surface area contributed by atoms with Crippen LogP contribution in [0.3, 0.4) is 0 Å². The lowest BCUT2D eigenvalue weighted by molar-refractivity contribution is 0.0627. The monoisotopic (exact) mass is 306 g/mol. The van der Waals surface area contributed by atoms with Gasteiger partial charge in [0.1, 0.15) is 5.82 Å². The van der Waals surface area contributed by atoms with E-state index in [2.05, 4.69) is 4.90 Å². The van der Waals surface area contributed by atoms with E-state index in [4.69, 9.17) is 0 Å². The molecule has 4 heteroatoms. The molecule has 1 saturated carbocycles. The van der Waals surface area contributed by atoms with Crippen LogP contribution in [0.1, 0.15) is 42.6 Å². The zero-order valence-corrected chi connectivity index (χ0v) is 13.9. The van der Waals surface area contributed by atoms with Crippen molar-refractivity contribution >= 4 is 5.91 Å². The quantitative estimate of drug-likeness (QED) is 0.855. The van der Waals surface area contributed by atoms with Gasteiger partial charge < -0.3 is 4.90 Å². The molecule has 1 aliphatic heterocycles. The van der Waals surface area contributed by atoms with Crippen LogP contribution >= 0.6 is 0 Å². The minimum absolute atomic E-state index is 0.173. The molecule has 0 unspecified atom stereocenters.